The van der Waals surface area contributed by atoms with E-state index in [9.17, 15) is 9.18 Å². The number of aromatic hydroxyl groups is 1. The summed E-state index contributed by atoms with van der Waals surface area (Å²) < 4.78 is 13.5. The fourth-order valence-electron chi connectivity index (χ4n) is 2.00. The van der Waals surface area contributed by atoms with Crippen molar-refractivity contribution < 1.29 is 14.3 Å². The van der Waals surface area contributed by atoms with E-state index in [1.165, 1.54) is 12.1 Å². The molecule has 2 N–H and O–H groups in total. The van der Waals surface area contributed by atoms with Gasteiger partial charge in [-0.3, -0.25) is 4.79 Å². The minimum atomic E-state index is -0.687. The average Bonchev–Trinajstić information content (AvgIpc) is 2.80. The van der Waals surface area contributed by atoms with Gasteiger partial charge in [0, 0.05) is 25.7 Å². The number of phenols is 1. The molecule has 0 radical (unpaired) electrons. The van der Waals surface area contributed by atoms with Crippen molar-refractivity contribution in [1.82, 2.24) is 10.2 Å². The fraction of sp³-hybridized carbons (Fsp3) is 0.417. The van der Waals surface area contributed by atoms with Gasteiger partial charge < -0.3 is 15.3 Å². The van der Waals surface area contributed by atoms with Crippen LogP contribution in [0.5, 0.6) is 5.75 Å². The van der Waals surface area contributed by atoms with Gasteiger partial charge >= 0.3 is 0 Å². The van der Waals surface area contributed by atoms with Crippen molar-refractivity contribution in [2.24, 2.45) is 0 Å². The lowest BCUT2D eigenvalue weighted by Crippen LogP contribution is -2.38. The van der Waals surface area contributed by atoms with Gasteiger partial charge in [-0.2, -0.15) is 0 Å². The number of halogens is 1. The molecule has 1 saturated heterocycles. The molecule has 0 saturated carbocycles. The highest BCUT2D eigenvalue weighted by molar-refractivity contribution is 5.94. The molecular formula is C12H15FN2O2. The maximum atomic E-state index is 13.5. The second kappa shape index (κ2) is 4.71. The summed E-state index contributed by atoms with van der Waals surface area (Å²) in [5.41, 5.74) is -0.00259. The summed E-state index contributed by atoms with van der Waals surface area (Å²) in [4.78, 5) is 13.6. The quantitative estimate of drug-likeness (QED) is 0.807. The molecule has 5 heteroatoms. The summed E-state index contributed by atoms with van der Waals surface area (Å²) in [6.07, 6.45) is 0.877. The zero-order chi connectivity index (χ0) is 12.4. The Hall–Kier alpha value is -1.62. The van der Waals surface area contributed by atoms with E-state index in [1.807, 2.05) is 0 Å². The standard InChI is InChI=1S/C12H15FN2O2/c1-15(8-4-5-14-7-8)12(17)10-3-2-9(16)6-11(10)13/h2-3,6,8,14,16H,4-5,7H2,1H3. The minimum absolute atomic E-state index is 0.00259. The van der Waals surface area contributed by atoms with Gasteiger partial charge in [-0.25, -0.2) is 4.39 Å². The van der Waals surface area contributed by atoms with Gasteiger partial charge in [-0.1, -0.05) is 0 Å². The van der Waals surface area contributed by atoms with E-state index in [2.05, 4.69) is 5.32 Å². The largest absolute Gasteiger partial charge is 0.508 e. The van der Waals surface area contributed by atoms with Crippen LogP contribution in [0.3, 0.4) is 0 Å². The number of carbonyl (C=O) groups excluding carboxylic acids is 1. The van der Waals surface area contributed by atoms with Crippen molar-refractivity contribution in [2.45, 2.75) is 12.5 Å². The van der Waals surface area contributed by atoms with Crippen molar-refractivity contribution in [3.05, 3.63) is 29.6 Å². The molecule has 0 aromatic heterocycles. The number of amides is 1. The van der Waals surface area contributed by atoms with Crippen LogP contribution in [0.2, 0.25) is 0 Å². The Kier molecular flexibility index (Phi) is 3.28. The zero-order valence-electron chi connectivity index (χ0n) is 9.61. The van der Waals surface area contributed by atoms with Crippen LogP contribution in [0.25, 0.3) is 0 Å². The second-order valence-corrected chi connectivity index (χ2v) is 4.23. The van der Waals surface area contributed by atoms with Gasteiger partial charge in [0.2, 0.25) is 0 Å². The SMILES string of the molecule is CN(C(=O)c1ccc(O)cc1F)C1CCNC1. The average molecular weight is 238 g/mol. The number of nitrogens with one attached hydrogen (secondary N) is 1. The first kappa shape index (κ1) is 11.9. The minimum Gasteiger partial charge on any atom is -0.508 e. The first-order valence-electron chi connectivity index (χ1n) is 5.56. The van der Waals surface area contributed by atoms with Crippen LogP contribution in [-0.2, 0) is 0 Å². The van der Waals surface area contributed by atoms with E-state index in [0.717, 1.165) is 25.6 Å². The van der Waals surface area contributed by atoms with Crippen molar-refractivity contribution in [3.8, 4) is 5.75 Å². The van der Waals surface area contributed by atoms with E-state index >= 15 is 0 Å². The zero-order valence-corrected chi connectivity index (χ0v) is 9.61. The highest BCUT2D eigenvalue weighted by atomic mass is 19.1. The van der Waals surface area contributed by atoms with E-state index in [4.69, 9.17) is 5.11 Å². The van der Waals surface area contributed by atoms with Gasteiger partial charge in [0.05, 0.1) is 5.56 Å². The Morgan fingerprint density at radius 1 is 1.59 bits per heavy atom. The van der Waals surface area contributed by atoms with Crippen LogP contribution < -0.4 is 5.32 Å². The maximum Gasteiger partial charge on any atom is 0.256 e. The number of hydrogen-bond donors (Lipinski definition) is 2. The Balaban J connectivity index is 2.18. The topological polar surface area (TPSA) is 52.6 Å². The Bertz CT molecular complexity index is 431. The third-order valence-electron chi connectivity index (χ3n) is 3.09. The molecule has 92 valence electrons. The van der Waals surface area contributed by atoms with Gasteiger partial charge in [-0.15, -0.1) is 0 Å². The lowest BCUT2D eigenvalue weighted by atomic mass is 10.1. The first-order chi connectivity index (χ1) is 8.09. The first-order valence-corrected chi connectivity index (χ1v) is 5.56. The smallest absolute Gasteiger partial charge is 0.256 e. The van der Waals surface area contributed by atoms with Crippen LogP contribution in [0, 0.1) is 5.82 Å². The van der Waals surface area contributed by atoms with Crippen LogP contribution in [0.15, 0.2) is 18.2 Å². The summed E-state index contributed by atoms with van der Waals surface area (Å²) in [5, 5.41) is 12.3. The van der Waals surface area contributed by atoms with E-state index in [-0.39, 0.29) is 23.3 Å². The molecule has 1 unspecified atom stereocenters. The number of phenolic OH excluding ortho intramolecular Hbond substituents is 1. The number of nitrogens with zero attached hydrogens (tertiary/aromatic N) is 1. The Labute approximate surface area is 99.0 Å². The maximum absolute atomic E-state index is 13.5. The van der Waals surface area contributed by atoms with Crippen molar-refractivity contribution >= 4 is 5.91 Å². The Morgan fingerprint density at radius 3 is 2.94 bits per heavy atom. The van der Waals surface area contributed by atoms with E-state index < -0.39 is 5.82 Å². The van der Waals surface area contributed by atoms with Crippen LogP contribution in [0.4, 0.5) is 4.39 Å². The lowest BCUT2D eigenvalue weighted by molar-refractivity contribution is 0.0739. The molecule has 1 atom stereocenters. The molecule has 1 heterocycles. The van der Waals surface area contributed by atoms with Crippen LogP contribution in [0.1, 0.15) is 16.8 Å². The molecule has 0 bridgehead atoms. The molecule has 0 spiro atoms. The molecule has 1 fully saturated rings. The molecule has 1 aromatic carbocycles. The monoisotopic (exact) mass is 238 g/mol. The van der Waals surface area contributed by atoms with Gasteiger partial charge in [0.1, 0.15) is 11.6 Å². The molecule has 1 amide bonds. The molecule has 0 aliphatic carbocycles. The molecule has 1 aliphatic rings. The fourth-order valence-corrected chi connectivity index (χ4v) is 2.00. The highest BCUT2D eigenvalue weighted by Crippen LogP contribution is 2.18. The Morgan fingerprint density at radius 2 is 2.35 bits per heavy atom. The number of carbonyl (C=O) groups is 1. The van der Waals surface area contributed by atoms with Crippen LogP contribution in [-0.4, -0.2) is 42.1 Å². The molecule has 1 aliphatic heterocycles. The number of rotatable bonds is 2. The number of hydrogen-bond acceptors (Lipinski definition) is 3. The lowest BCUT2D eigenvalue weighted by Gasteiger charge is -2.24. The molecule has 4 nitrogen and oxygen atoms in total. The molecular weight excluding hydrogens is 223 g/mol. The molecule has 2 rings (SSSR count). The highest BCUT2D eigenvalue weighted by Gasteiger charge is 2.25. The third kappa shape index (κ3) is 2.39. The molecule has 1 aromatic rings. The van der Waals surface area contributed by atoms with Gasteiger partial charge in [0.15, 0.2) is 0 Å². The van der Waals surface area contributed by atoms with E-state index in [0.29, 0.717) is 0 Å². The van der Waals surface area contributed by atoms with Gasteiger partial charge in [-0.05, 0) is 25.1 Å². The number of likely N-dealkylation sites (N-methyl/N-ethyl adjacent to an activating group) is 1. The summed E-state index contributed by atoms with van der Waals surface area (Å²) in [5.74, 6) is -1.21. The van der Waals surface area contributed by atoms with Crippen LogP contribution >= 0.6 is 0 Å². The second-order valence-electron chi connectivity index (χ2n) is 4.23. The van der Waals surface area contributed by atoms with Gasteiger partial charge in [0.25, 0.3) is 5.91 Å². The summed E-state index contributed by atoms with van der Waals surface area (Å²) in [6.45, 7) is 1.61. The third-order valence-corrected chi connectivity index (χ3v) is 3.09. The summed E-state index contributed by atoms with van der Waals surface area (Å²) >= 11 is 0. The molecule has 17 heavy (non-hydrogen) atoms. The van der Waals surface area contributed by atoms with Crippen molar-refractivity contribution in [1.29, 1.82) is 0 Å². The number of benzene rings is 1. The van der Waals surface area contributed by atoms with Crippen molar-refractivity contribution in [2.75, 3.05) is 20.1 Å². The van der Waals surface area contributed by atoms with Crippen molar-refractivity contribution in [3.63, 3.8) is 0 Å². The van der Waals surface area contributed by atoms with E-state index in [1.54, 1.807) is 11.9 Å². The summed E-state index contributed by atoms with van der Waals surface area (Å²) in [6, 6.07) is 3.69. The predicted molar refractivity (Wildman–Crippen MR) is 61.4 cm³/mol. The normalized spacial score (nSPS) is 19.3. The summed E-state index contributed by atoms with van der Waals surface area (Å²) in [7, 11) is 1.67. The predicted octanol–water partition coefficient (Wildman–Crippen LogP) is 0.965.